The predicted molar refractivity (Wildman–Crippen MR) is 78.7 cm³/mol. The van der Waals surface area contributed by atoms with E-state index in [1.165, 1.54) is 0 Å². The Kier molecular flexibility index (Phi) is 3.11. The average Bonchev–Trinajstić information content (AvgIpc) is 2.65. The molecule has 0 spiro atoms. The number of fused-ring (bicyclic) bond motifs is 1. The normalized spacial score (nSPS) is 11.2. The van der Waals surface area contributed by atoms with Gasteiger partial charge in [-0.1, -0.05) is 23.2 Å². The molecule has 0 aromatic carbocycles. The standard InChI is InChI=1S/C13H11Cl2N5/c1-6-4-9(14)17-12-11(6)8(3)19-20(12)13-16-7(2)5-10(15)18-13/h4-5H,1-3H3. The van der Waals surface area contributed by atoms with Gasteiger partial charge in [0.2, 0.25) is 0 Å². The number of pyridine rings is 1. The highest BCUT2D eigenvalue weighted by molar-refractivity contribution is 6.30. The predicted octanol–water partition coefficient (Wildman–Crippen LogP) is 3.44. The molecule has 0 aliphatic carbocycles. The summed E-state index contributed by atoms with van der Waals surface area (Å²) in [7, 11) is 0. The monoisotopic (exact) mass is 307 g/mol. The fourth-order valence-corrected chi connectivity index (χ4v) is 2.69. The number of rotatable bonds is 1. The molecule has 3 rings (SSSR count). The Balaban J connectivity index is 2.37. The highest BCUT2D eigenvalue weighted by Crippen LogP contribution is 2.25. The van der Waals surface area contributed by atoms with Crippen LogP contribution in [0, 0.1) is 20.8 Å². The highest BCUT2D eigenvalue weighted by Gasteiger charge is 2.16. The van der Waals surface area contributed by atoms with Crippen molar-refractivity contribution in [2.24, 2.45) is 0 Å². The Bertz CT molecular complexity index is 805. The van der Waals surface area contributed by atoms with Crippen LogP contribution in [-0.4, -0.2) is 24.7 Å². The van der Waals surface area contributed by atoms with E-state index >= 15 is 0 Å². The Hall–Kier alpha value is -1.72. The maximum Gasteiger partial charge on any atom is 0.254 e. The van der Waals surface area contributed by atoms with E-state index in [4.69, 9.17) is 23.2 Å². The first-order valence-corrected chi connectivity index (χ1v) is 6.75. The third-order valence-corrected chi connectivity index (χ3v) is 3.37. The van der Waals surface area contributed by atoms with Crippen LogP contribution in [-0.2, 0) is 0 Å². The lowest BCUT2D eigenvalue weighted by molar-refractivity contribution is 0.804. The molecule has 3 aromatic heterocycles. The van der Waals surface area contributed by atoms with Gasteiger partial charge in [0.25, 0.3) is 5.95 Å². The van der Waals surface area contributed by atoms with E-state index in [0.29, 0.717) is 21.9 Å². The lowest BCUT2D eigenvalue weighted by Crippen LogP contribution is -2.05. The number of hydrogen-bond acceptors (Lipinski definition) is 4. The van der Waals surface area contributed by atoms with Crippen molar-refractivity contribution >= 4 is 34.2 Å². The van der Waals surface area contributed by atoms with Crippen molar-refractivity contribution in [3.8, 4) is 5.95 Å². The van der Waals surface area contributed by atoms with Gasteiger partial charge in [-0.2, -0.15) is 14.8 Å². The number of aromatic nitrogens is 5. The Morgan fingerprint density at radius 2 is 1.65 bits per heavy atom. The minimum absolute atomic E-state index is 0.368. The van der Waals surface area contributed by atoms with Gasteiger partial charge in [-0.25, -0.2) is 9.97 Å². The summed E-state index contributed by atoms with van der Waals surface area (Å²) >= 11 is 12.0. The SMILES string of the molecule is Cc1cc(Cl)nc(-n2nc(C)c3c(C)cc(Cl)nc32)n1. The number of aryl methyl sites for hydroxylation is 3. The van der Waals surface area contributed by atoms with Crippen molar-refractivity contribution in [2.75, 3.05) is 0 Å². The summed E-state index contributed by atoms with van der Waals surface area (Å²) in [6.45, 7) is 5.74. The lowest BCUT2D eigenvalue weighted by Gasteiger charge is -2.03. The van der Waals surface area contributed by atoms with Crippen molar-refractivity contribution in [3.05, 3.63) is 39.4 Å². The van der Waals surface area contributed by atoms with Crippen LogP contribution in [0.4, 0.5) is 0 Å². The first kappa shape index (κ1) is 13.3. The molecular formula is C13H11Cl2N5. The zero-order valence-electron chi connectivity index (χ0n) is 11.1. The molecule has 3 aromatic rings. The van der Waals surface area contributed by atoms with E-state index in [1.807, 2.05) is 26.8 Å². The zero-order valence-corrected chi connectivity index (χ0v) is 12.7. The minimum atomic E-state index is 0.368. The van der Waals surface area contributed by atoms with Gasteiger partial charge in [0.1, 0.15) is 10.3 Å². The van der Waals surface area contributed by atoms with Crippen LogP contribution in [0.3, 0.4) is 0 Å². The molecular weight excluding hydrogens is 297 g/mol. The second kappa shape index (κ2) is 4.68. The van der Waals surface area contributed by atoms with Crippen molar-refractivity contribution in [1.82, 2.24) is 24.7 Å². The number of hydrogen-bond donors (Lipinski definition) is 0. The topological polar surface area (TPSA) is 56.5 Å². The number of halogens is 2. The summed E-state index contributed by atoms with van der Waals surface area (Å²) < 4.78 is 1.57. The molecule has 0 aliphatic rings. The van der Waals surface area contributed by atoms with Gasteiger partial charge in [0.05, 0.1) is 5.69 Å². The Morgan fingerprint density at radius 1 is 0.950 bits per heavy atom. The van der Waals surface area contributed by atoms with Gasteiger partial charge in [-0.15, -0.1) is 0 Å². The van der Waals surface area contributed by atoms with Gasteiger partial charge < -0.3 is 0 Å². The third kappa shape index (κ3) is 2.13. The van der Waals surface area contributed by atoms with E-state index in [2.05, 4.69) is 20.1 Å². The molecule has 0 atom stereocenters. The summed E-state index contributed by atoms with van der Waals surface area (Å²) in [5.74, 6) is 0.391. The largest absolute Gasteiger partial charge is 0.254 e. The first-order chi connectivity index (χ1) is 9.45. The summed E-state index contributed by atoms with van der Waals surface area (Å²) in [6, 6.07) is 3.50. The Labute approximate surface area is 125 Å². The van der Waals surface area contributed by atoms with E-state index in [1.54, 1.807) is 10.7 Å². The third-order valence-electron chi connectivity index (χ3n) is 2.98. The second-order valence-corrected chi connectivity index (χ2v) is 5.36. The number of nitrogens with zero attached hydrogens (tertiary/aromatic N) is 5. The smallest absolute Gasteiger partial charge is 0.216 e. The maximum atomic E-state index is 6.04. The molecule has 102 valence electrons. The quantitative estimate of drug-likeness (QED) is 0.510. The van der Waals surface area contributed by atoms with E-state index in [0.717, 1.165) is 22.3 Å². The van der Waals surface area contributed by atoms with Crippen LogP contribution < -0.4 is 0 Å². The molecule has 0 saturated carbocycles. The molecule has 0 radical (unpaired) electrons. The minimum Gasteiger partial charge on any atom is -0.216 e. The molecule has 0 fully saturated rings. The van der Waals surface area contributed by atoms with Crippen molar-refractivity contribution < 1.29 is 0 Å². The van der Waals surface area contributed by atoms with E-state index < -0.39 is 0 Å². The Morgan fingerprint density at radius 3 is 2.35 bits per heavy atom. The van der Waals surface area contributed by atoms with Gasteiger partial charge in [-0.3, -0.25) is 0 Å². The molecule has 0 N–H and O–H groups in total. The fourth-order valence-electron chi connectivity index (χ4n) is 2.21. The van der Waals surface area contributed by atoms with Gasteiger partial charge >= 0.3 is 0 Å². The van der Waals surface area contributed by atoms with Crippen molar-refractivity contribution in [1.29, 1.82) is 0 Å². The van der Waals surface area contributed by atoms with Crippen LogP contribution in [0.1, 0.15) is 17.0 Å². The maximum absolute atomic E-state index is 6.04. The summed E-state index contributed by atoms with van der Waals surface area (Å²) in [6.07, 6.45) is 0. The van der Waals surface area contributed by atoms with Crippen LogP contribution in [0.5, 0.6) is 0 Å². The van der Waals surface area contributed by atoms with Gasteiger partial charge in [-0.05, 0) is 38.5 Å². The molecule has 0 aliphatic heterocycles. The molecule has 0 saturated heterocycles. The van der Waals surface area contributed by atoms with E-state index in [9.17, 15) is 0 Å². The molecule has 0 amide bonds. The fraction of sp³-hybridized carbons (Fsp3) is 0.231. The molecule has 7 heteroatoms. The van der Waals surface area contributed by atoms with Gasteiger partial charge in [0, 0.05) is 11.1 Å². The molecule has 5 nitrogen and oxygen atoms in total. The van der Waals surface area contributed by atoms with Crippen LogP contribution in [0.25, 0.3) is 17.0 Å². The lowest BCUT2D eigenvalue weighted by atomic mass is 10.2. The highest BCUT2D eigenvalue weighted by atomic mass is 35.5. The molecule has 0 unspecified atom stereocenters. The summed E-state index contributed by atoms with van der Waals surface area (Å²) in [4.78, 5) is 12.9. The summed E-state index contributed by atoms with van der Waals surface area (Å²) in [5.41, 5.74) is 3.26. The van der Waals surface area contributed by atoms with Crippen LogP contribution in [0.15, 0.2) is 12.1 Å². The molecule has 20 heavy (non-hydrogen) atoms. The van der Waals surface area contributed by atoms with Crippen LogP contribution in [0.2, 0.25) is 10.3 Å². The van der Waals surface area contributed by atoms with Gasteiger partial charge in [0.15, 0.2) is 5.65 Å². The van der Waals surface area contributed by atoms with Crippen molar-refractivity contribution in [2.45, 2.75) is 20.8 Å². The van der Waals surface area contributed by atoms with E-state index in [-0.39, 0.29) is 0 Å². The zero-order chi connectivity index (χ0) is 14.4. The first-order valence-electron chi connectivity index (χ1n) is 6.00. The van der Waals surface area contributed by atoms with Crippen molar-refractivity contribution in [3.63, 3.8) is 0 Å². The average molecular weight is 308 g/mol. The molecule has 3 heterocycles. The van der Waals surface area contributed by atoms with Crippen LogP contribution >= 0.6 is 23.2 Å². The summed E-state index contributed by atoms with van der Waals surface area (Å²) in [5, 5.41) is 6.19. The molecule has 0 bridgehead atoms. The second-order valence-electron chi connectivity index (χ2n) is 4.59.